The molecular formula is C14H14Cl2IN3O. The van der Waals surface area contributed by atoms with E-state index in [1.165, 1.54) is 6.20 Å². The first kappa shape index (κ1) is 16.7. The van der Waals surface area contributed by atoms with Crippen LogP contribution in [0.15, 0.2) is 24.4 Å². The van der Waals surface area contributed by atoms with Crippen LogP contribution in [0.5, 0.6) is 0 Å². The number of benzene rings is 1. The Morgan fingerprint density at radius 2 is 2.05 bits per heavy atom. The Balaban J connectivity index is 2.34. The Labute approximate surface area is 147 Å². The molecule has 1 aromatic carbocycles. The van der Waals surface area contributed by atoms with E-state index in [1.54, 1.807) is 16.8 Å². The first-order valence-electron chi connectivity index (χ1n) is 6.26. The fourth-order valence-corrected chi connectivity index (χ4v) is 2.57. The summed E-state index contributed by atoms with van der Waals surface area (Å²) in [6.45, 7) is 1.37. The number of rotatable bonds is 5. The van der Waals surface area contributed by atoms with Gasteiger partial charge in [-0.1, -0.05) is 23.2 Å². The van der Waals surface area contributed by atoms with Gasteiger partial charge in [0.05, 0.1) is 22.8 Å². The molecule has 0 fully saturated rings. The summed E-state index contributed by atoms with van der Waals surface area (Å²) in [6, 6.07) is 5.21. The molecule has 0 radical (unpaired) electrons. The van der Waals surface area contributed by atoms with Crippen LogP contribution in [0.3, 0.4) is 0 Å². The molecule has 112 valence electrons. The lowest BCUT2D eigenvalue weighted by atomic mass is 10.1. The quantitative estimate of drug-likeness (QED) is 0.530. The molecule has 21 heavy (non-hydrogen) atoms. The SMILES string of the molecule is CN(C)CCn1ncc(Cl)c1C(=O)c1ccc(I)c(Cl)c1. The third kappa shape index (κ3) is 3.97. The van der Waals surface area contributed by atoms with Gasteiger partial charge in [0.25, 0.3) is 0 Å². The van der Waals surface area contributed by atoms with Crippen molar-refractivity contribution < 1.29 is 4.79 Å². The molecule has 0 atom stereocenters. The van der Waals surface area contributed by atoms with Crippen molar-refractivity contribution in [3.8, 4) is 0 Å². The molecule has 1 heterocycles. The highest BCUT2D eigenvalue weighted by molar-refractivity contribution is 14.1. The summed E-state index contributed by atoms with van der Waals surface area (Å²) in [5, 5.41) is 5.08. The van der Waals surface area contributed by atoms with Crippen molar-refractivity contribution in [2.45, 2.75) is 6.54 Å². The Morgan fingerprint density at radius 3 is 2.67 bits per heavy atom. The van der Waals surface area contributed by atoms with Crippen molar-refractivity contribution in [2.24, 2.45) is 0 Å². The van der Waals surface area contributed by atoms with Crippen molar-refractivity contribution in [1.29, 1.82) is 0 Å². The molecule has 0 N–H and O–H groups in total. The second-order valence-corrected chi connectivity index (χ2v) is 6.80. The number of nitrogens with zero attached hydrogens (tertiary/aromatic N) is 3. The summed E-state index contributed by atoms with van der Waals surface area (Å²) < 4.78 is 2.54. The zero-order chi connectivity index (χ0) is 15.6. The highest BCUT2D eigenvalue weighted by Crippen LogP contribution is 2.24. The fraction of sp³-hybridized carbons (Fsp3) is 0.286. The normalized spacial score (nSPS) is 11.1. The zero-order valence-corrected chi connectivity index (χ0v) is 15.3. The predicted octanol–water partition coefficient (Wildman–Crippen LogP) is 3.59. The van der Waals surface area contributed by atoms with Crippen LogP contribution in [-0.2, 0) is 6.54 Å². The third-order valence-electron chi connectivity index (χ3n) is 2.95. The van der Waals surface area contributed by atoms with Gasteiger partial charge >= 0.3 is 0 Å². The van der Waals surface area contributed by atoms with E-state index in [2.05, 4.69) is 27.7 Å². The van der Waals surface area contributed by atoms with E-state index in [1.807, 2.05) is 25.1 Å². The number of carbonyl (C=O) groups is 1. The minimum atomic E-state index is -0.172. The van der Waals surface area contributed by atoms with Crippen molar-refractivity contribution >= 4 is 51.6 Å². The highest BCUT2D eigenvalue weighted by Gasteiger charge is 2.19. The summed E-state index contributed by atoms with van der Waals surface area (Å²) in [5.74, 6) is -0.172. The van der Waals surface area contributed by atoms with Crippen LogP contribution < -0.4 is 0 Å². The van der Waals surface area contributed by atoms with Crippen LogP contribution in [0.1, 0.15) is 16.1 Å². The lowest BCUT2D eigenvalue weighted by molar-refractivity contribution is 0.102. The van der Waals surface area contributed by atoms with Crippen LogP contribution in [0.4, 0.5) is 0 Å². The van der Waals surface area contributed by atoms with E-state index < -0.39 is 0 Å². The first-order chi connectivity index (χ1) is 9.90. The minimum Gasteiger partial charge on any atom is -0.308 e. The number of halogens is 3. The van der Waals surface area contributed by atoms with Gasteiger partial charge in [-0.05, 0) is 54.9 Å². The average molecular weight is 438 g/mol. The number of aromatic nitrogens is 2. The van der Waals surface area contributed by atoms with Gasteiger partial charge in [0.15, 0.2) is 0 Å². The van der Waals surface area contributed by atoms with Gasteiger partial charge in [0.1, 0.15) is 5.69 Å². The average Bonchev–Trinajstić information content (AvgIpc) is 2.80. The van der Waals surface area contributed by atoms with Gasteiger partial charge in [-0.25, -0.2) is 0 Å². The summed E-state index contributed by atoms with van der Waals surface area (Å²) in [5.41, 5.74) is 0.907. The molecular weight excluding hydrogens is 424 g/mol. The Bertz CT molecular complexity index is 670. The maximum absolute atomic E-state index is 12.6. The summed E-state index contributed by atoms with van der Waals surface area (Å²) in [4.78, 5) is 14.7. The molecule has 1 aromatic heterocycles. The molecule has 0 aliphatic carbocycles. The van der Waals surface area contributed by atoms with Gasteiger partial charge < -0.3 is 4.90 Å². The van der Waals surface area contributed by atoms with Crippen molar-refractivity contribution in [1.82, 2.24) is 14.7 Å². The van der Waals surface area contributed by atoms with E-state index in [-0.39, 0.29) is 5.78 Å². The first-order valence-corrected chi connectivity index (χ1v) is 8.09. The molecule has 4 nitrogen and oxygen atoms in total. The van der Waals surface area contributed by atoms with Crippen molar-refractivity contribution in [2.75, 3.05) is 20.6 Å². The second-order valence-electron chi connectivity index (χ2n) is 4.83. The maximum atomic E-state index is 12.6. The predicted molar refractivity (Wildman–Crippen MR) is 93.4 cm³/mol. The van der Waals surface area contributed by atoms with E-state index in [9.17, 15) is 4.79 Å². The molecule has 0 unspecified atom stereocenters. The number of carbonyl (C=O) groups excluding carboxylic acids is 1. The standard InChI is InChI=1S/C14H14Cl2IN3O/c1-19(2)5-6-20-13(11(16)8-18-20)14(21)9-3-4-12(17)10(15)7-9/h3-4,7-8H,5-6H2,1-2H3. The Morgan fingerprint density at radius 1 is 1.33 bits per heavy atom. The zero-order valence-electron chi connectivity index (χ0n) is 11.6. The minimum absolute atomic E-state index is 0.172. The molecule has 0 saturated carbocycles. The van der Waals surface area contributed by atoms with Crippen LogP contribution in [0.2, 0.25) is 10.0 Å². The maximum Gasteiger partial charge on any atom is 0.212 e. The molecule has 0 aliphatic rings. The van der Waals surface area contributed by atoms with Gasteiger partial charge in [0, 0.05) is 15.7 Å². The summed E-state index contributed by atoms with van der Waals surface area (Å²) >= 11 is 14.3. The summed E-state index contributed by atoms with van der Waals surface area (Å²) in [7, 11) is 3.93. The van der Waals surface area contributed by atoms with Crippen molar-refractivity contribution in [3.05, 3.63) is 49.3 Å². The van der Waals surface area contributed by atoms with Crippen LogP contribution in [0.25, 0.3) is 0 Å². The number of ketones is 1. The van der Waals surface area contributed by atoms with E-state index in [0.717, 1.165) is 10.1 Å². The van der Waals surface area contributed by atoms with E-state index in [4.69, 9.17) is 23.2 Å². The highest BCUT2D eigenvalue weighted by atomic mass is 127. The van der Waals surface area contributed by atoms with Gasteiger partial charge in [-0.3, -0.25) is 9.48 Å². The third-order valence-corrected chi connectivity index (χ3v) is 4.80. The molecule has 0 aliphatic heterocycles. The molecule has 7 heteroatoms. The number of likely N-dealkylation sites (N-methyl/N-ethyl adjacent to an activating group) is 1. The van der Waals surface area contributed by atoms with Crippen LogP contribution in [-0.4, -0.2) is 41.1 Å². The monoisotopic (exact) mass is 437 g/mol. The lowest BCUT2D eigenvalue weighted by Crippen LogP contribution is -2.21. The molecule has 2 rings (SSSR count). The van der Waals surface area contributed by atoms with Crippen LogP contribution in [0, 0.1) is 3.57 Å². The lowest BCUT2D eigenvalue weighted by Gasteiger charge is -2.12. The molecule has 2 aromatic rings. The van der Waals surface area contributed by atoms with Crippen LogP contribution >= 0.6 is 45.8 Å². The largest absolute Gasteiger partial charge is 0.308 e. The molecule has 0 spiro atoms. The van der Waals surface area contributed by atoms with Crippen molar-refractivity contribution in [3.63, 3.8) is 0 Å². The van der Waals surface area contributed by atoms with Gasteiger partial charge in [0.2, 0.25) is 5.78 Å². The number of hydrogen-bond donors (Lipinski definition) is 0. The fourth-order valence-electron chi connectivity index (χ4n) is 1.83. The smallest absolute Gasteiger partial charge is 0.212 e. The Kier molecular flexibility index (Phi) is 5.65. The number of hydrogen-bond acceptors (Lipinski definition) is 3. The van der Waals surface area contributed by atoms with E-state index >= 15 is 0 Å². The molecule has 0 saturated heterocycles. The van der Waals surface area contributed by atoms with Gasteiger partial charge in [-0.2, -0.15) is 5.10 Å². The van der Waals surface area contributed by atoms with Gasteiger partial charge in [-0.15, -0.1) is 0 Å². The Hall–Kier alpha value is -0.630. The second kappa shape index (κ2) is 7.09. The topological polar surface area (TPSA) is 38.1 Å². The molecule has 0 amide bonds. The van der Waals surface area contributed by atoms with E-state index in [0.29, 0.717) is 27.8 Å². The molecule has 0 bridgehead atoms. The summed E-state index contributed by atoms with van der Waals surface area (Å²) in [6.07, 6.45) is 1.50.